The summed E-state index contributed by atoms with van der Waals surface area (Å²) in [5.41, 5.74) is 0.968. The Morgan fingerprint density at radius 2 is 1.71 bits per heavy atom. The molecule has 112 valence electrons. The minimum absolute atomic E-state index is 0.0665. The van der Waals surface area contributed by atoms with Gasteiger partial charge in [-0.05, 0) is 24.1 Å². The SMILES string of the molecule is CCCCC(Nc1c(F)cc(Br)cc1F)c1ccccc1. The Hall–Kier alpha value is -1.42. The van der Waals surface area contributed by atoms with Crippen LogP contribution >= 0.6 is 15.9 Å². The minimum atomic E-state index is -0.584. The first-order valence-electron chi connectivity index (χ1n) is 7.08. The van der Waals surface area contributed by atoms with Crippen LogP contribution in [0.1, 0.15) is 37.8 Å². The fourth-order valence-corrected chi connectivity index (χ4v) is 2.67. The standard InChI is InChI=1S/C17H18BrF2N/c1-2-3-9-16(12-7-5-4-6-8-12)21-17-14(19)10-13(18)11-15(17)20/h4-8,10-11,16,21H,2-3,9H2,1H3. The van der Waals surface area contributed by atoms with E-state index in [1.807, 2.05) is 30.3 Å². The van der Waals surface area contributed by atoms with E-state index in [2.05, 4.69) is 28.2 Å². The fraction of sp³-hybridized carbons (Fsp3) is 0.294. The van der Waals surface area contributed by atoms with E-state index in [1.54, 1.807) is 0 Å². The minimum Gasteiger partial charge on any atom is -0.373 e. The van der Waals surface area contributed by atoms with Crippen molar-refractivity contribution in [2.45, 2.75) is 32.2 Å². The summed E-state index contributed by atoms with van der Waals surface area (Å²) in [5, 5.41) is 3.02. The molecule has 0 aliphatic carbocycles. The van der Waals surface area contributed by atoms with Crippen LogP contribution in [0.4, 0.5) is 14.5 Å². The molecule has 0 spiro atoms. The molecule has 2 aromatic carbocycles. The van der Waals surface area contributed by atoms with Gasteiger partial charge in [-0.15, -0.1) is 0 Å². The van der Waals surface area contributed by atoms with Crippen molar-refractivity contribution in [1.29, 1.82) is 0 Å². The predicted octanol–water partition coefficient (Wildman–Crippen LogP) is 6.07. The Balaban J connectivity index is 2.27. The highest BCUT2D eigenvalue weighted by atomic mass is 79.9. The van der Waals surface area contributed by atoms with Gasteiger partial charge in [-0.25, -0.2) is 8.78 Å². The average Bonchev–Trinajstić information content (AvgIpc) is 2.46. The Kier molecular flexibility index (Phi) is 5.74. The van der Waals surface area contributed by atoms with Gasteiger partial charge in [-0.1, -0.05) is 66.0 Å². The van der Waals surface area contributed by atoms with Gasteiger partial charge < -0.3 is 5.32 Å². The molecule has 1 N–H and O–H groups in total. The highest BCUT2D eigenvalue weighted by Crippen LogP contribution is 2.30. The molecule has 0 saturated heterocycles. The number of hydrogen-bond acceptors (Lipinski definition) is 1. The van der Waals surface area contributed by atoms with Crippen molar-refractivity contribution in [3.8, 4) is 0 Å². The lowest BCUT2D eigenvalue weighted by atomic mass is 10.0. The topological polar surface area (TPSA) is 12.0 Å². The third-order valence-corrected chi connectivity index (χ3v) is 3.83. The van der Waals surface area contributed by atoms with E-state index < -0.39 is 11.6 Å². The van der Waals surface area contributed by atoms with Crippen LogP contribution in [0.15, 0.2) is 46.9 Å². The molecule has 0 amide bonds. The quantitative estimate of drug-likeness (QED) is 0.664. The maximum Gasteiger partial charge on any atom is 0.150 e. The summed E-state index contributed by atoms with van der Waals surface area (Å²) in [7, 11) is 0. The lowest BCUT2D eigenvalue weighted by Gasteiger charge is -2.21. The summed E-state index contributed by atoms with van der Waals surface area (Å²) < 4.78 is 28.4. The van der Waals surface area contributed by atoms with Gasteiger partial charge in [0, 0.05) is 4.47 Å². The zero-order chi connectivity index (χ0) is 15.2. The zero-order valence-corrected chi connectivity index (χ0v) is 13.5. The lowest BCUT2D eigenvalue weighted by Crippen LogP contribution is -2.13. The molecule has 0 aliphatic heterocycles. The third-order valence-electron chi connectivity index (χ3n) is 3.37. The molecule has 0 fully saturated rings. The van der Waals surface area contributed by atoms with Gasteiger partial charge in [-0.2, -0.15) is 0 Å². The molecule has 0 bridgehead atoms. The van der Waals surface area contributed by atoms with Crippen LogP contribution in [-0.2, 0) is 0 Å². The molecular weight excluding hydrogens is 336 g/mol. The van der Waals surface area contributed by atoms with Crippen molar-refractivity contribution in [1.82, 2.24) is 0 Å². The number of anilines is 1. The van der Waals surface area contributed by atoms with E-state index in [0.717, 1.165) is 24.8 Å². The van der Waals surface area contributed by atoms with E-state index in [-0.39, 0.29) is 11.7 Å². The van der Waals surface area contributed by atoms with Crippen molar-refractivity contribution >= 4 is 21.6 Å². The monoisotopic (exact) mass is 353 g/mol. The summed E-state index contributed by atoms with van der Waals surface area (Å²) >= 11 is 3.09. The van der Waals surface area contributed by atoms with Crippen LogP contribution < -0.4 is 5.32 Å². The molecule has 0 aliphatic rings. The third kappa shape index (κ3) is 4.27. The Morgan fingerprint density at radius 1 is 1.10 bits per heavy atom. The number of rotatable bonds is 6. The first-order valence-corrected chi connectivity index (χ1v) is 7.87. The van der Waals surface area contributed by atoms with Crippen molar-refractivity contribution < 1.29 is 8.78 Å². The van der Waals surface area contributed by atoms with Crippen LogP contribution in [0, 0.1) is 11.6 Å². The molecule has 21 heavy (non-hydrogen) atoms. The van der Waals surface area contributed by atoms with E-state index in [9.17, 15) is 8.78 Å². The zero-order valence-electron chi connectivity index (χ0n) is 11.9. The van der Waals surface area contributed by atoms with E-state index in [4.69, 9.17) is 0 Å². The van der Waals surface area contributed by atoms with E-state index >= 15 is 0 Å². The summed E-state index contributed by atoms with van der Waals surface area (Å²) in [4.78, 5) is 0. The van der Waals surface area contributed by atoms with Gasteiger partial charge in [0.15, 0.2) is 0 Å². The molecule has 0 radical (unpaired) electrons. The highest BCUT2D eigenvalue weighted by Gasteiger charge is 2.16. The molecule has 2 rings (SSSR count). The maximum absolute atomic E-state index is 14.0. The molecule has 0 heterocycles. The number of unbranched alkanes of at least 4 members (excludes halogenated alkanes) is 1. The lowest BCUT2D eigenvalue weighted by molar-refractivity contribution is 0.571. The van der Waals surface area contributed by atoms with Gasteiger partial charge in [0.2, 0.25) is 0 Å². The van der Waals surface area contributed by atoms with Gasteiger partial charge in [0.25, 0.3) is 0 Å². The number of nitrogens with one attached hydrogen (secondary N) is 1. The second-order valence-corrected chi connectivity index (χ2v) is 5.91. The molecule has 1 atom stereocenters. The number of hydrogen-bond donors (Lipinski definition) is 1. The van der Waals surface area contributed by atoms with E-state index in [1.165, 1.54) is 12.1 Å². The van der Waals surface area contributed by atoms with Gasteiger partial charge in [0.05, 0.1) is 6.04 Å². The molecule has 4 heteroatoms. The van der Waals surface area contributed by atoms with Crippen molar-refractivity contribution in [2.75, 3.05) is 5.32 Å². The van der Waals surface area contributed by atoms with Gasteiger partial charge >= 0.3 is 0 Å². The highest BCUT2D eigenvalue weighted by molar-refractivity contribution is 9.10. The molecule has 2 aromatic rings. The summed E-state index contributed by atoms with van der Waals surface area (Å²) in [6, 6.07) is 12.2. The van der Waals surface area contributed by atoms with Crippen LogP contribution in [-0.4, -0.2) is 0 Å². The smallest absolute Gasteiger partial charge is 0.150 e. The van der Waals surface area contributed by atoms with Crippen LogP contribution in [0.3, 0.4) is 0 Å². The molecular formula is C17H18BrF2N. The second kappa shape index (κ2) is 7.55. The molecule has 1 unspecified atom stereocenters. The molecule has 1 nitrogen and oxygen atoms in total. The largest absolute Gasteiger partial charge is 0.373 e. The van der Waals surface area contributed by atoms with Gasteiger partial charge in [0.1, 0.15) is 17.3 Å². The normalized spacial score (nSPS) is 12.2. The second-order valence-electron chi connectivity index (χ2n) is 4.99. The Morgan fingerprint density at radius 3 is 2.29 bits per heavy atom. The number of benzene rings is 2. The average molecular weight is 354 g/mol. The Labute approximate surface area is 132 Å². The van der Waals surface area contributed by atoms with Crippen molar-refractivity contribution in [3.05, 3.63) is 64.1 Å². The maximum atomic E-state index is 14.0. The van der Waals surface area contributed by atoms with Gasteiger partial charge in [-0.3, -0.25) is 0 Å². The van der Waals surface area contributed by atoms with E-state index in [0.29, 0.717) is 4.47 Å². The van der Waals surface area contributed by atoms with Crippen LogP contribution in [0.5, 0.6) is 0 Å². The summed E-state index contributed by atoms with van der Waals surface area (Å²) in [6.45, 7) is 2.10. The van der Waals surface area contributed by atoms with Crippen LogP contribution in [0.2, 0.25) is 0 Å². The van der Waals surface area contributed by atoms with Crippen molar-refractivity contribution in [2.24, 2.45) is 0 Å². The first kappa shape index (κ1) is 16.0. The first-order chi connectivity index (χ1) is 10.1. The van der Waals surface area contributed by atoms with Crippen LogP contribution in [0.25, 0.3) is 0 Å². The predicted molar refractivity (Wildman–Crippen MR) is 86.4 cm³/mol. The molecule has 0 saturated carbocycles. The fourth-order valence-electron chi connectivity index (χ4n) is 2.27. The summed E-state index contributed by atoms with van der Waals surface area (Å²) in [5.74, 6) is -1.17. The Bertz CT molecular complexity index is 564. The number of halogens is 3. The van der Waals surface area contributed by atoms with Crippen molar-refractivity contribution in [3.63, 3.8) is 0 Å². The molecule has 0 aromatic heterocycles. The summed E-state index contributed by atoms with van der Waals surface area (Å²) in [6.07, 6.45) is 2.86.